The average Bonchev–Trinajstić information content (AvgIpc) is 2.84. The second-order valence-corrected chi connectivity index (χ2v) is 5.09. The van der Waals surface area contributed by atoms with E-state index in [-0.39, 0.29) is 16.5 Å². The van der Waals surface area contributed by atoms with Gasteiger partial charge >= 0.3 is 5.82 Å². The lowest BCUT2D eigenvalue weighted by Gasteiger charge is -2.04. The average molecular weight is 350 g/mol. The minimum atomic E-state index is -0.363. The highest BCUT2D eigenvalue weighted by molar-refractivity contribution is 9.10. The number of benzene rings is 2. The minimum Gasteiger partial charge on any atom is -0.391 e. The van der Waals surface area contributed by atoms with Crippen LogP contribution in [0, 0.1) is 11.0 Å². The molecule has 0 bridgehead atoms. The number of hydrogen-bond donors (Lipinski definition) is 1. The third-order valence-corrected chi connectivity index (χ3v) is 3.55. The van der Waals surface area contributed by atoms with Crippen LogP contribution in [-0.4, -0.2) is 5.16 Å². The van der Waals surface area contributed by atoms with E-state index in [1.54, 1.807) is 6.07 Å². The maximum atomic E-state index is 13.0. The lowest BCUT2D eigenvalue weighted by Crippen LogP contribution is -2.26. The van der Waals surface area contributed by atoms with Gasteiger partial charge in [0.2, 0.25) is 5.69 Å². The van der Waals surface area contributed by atoms with Gasteiger partial charge in [-0.05, 0) is 57.5 Å². The summed E-state index contributed by atoms with van der Waals surface area (Å²) in [4.78, 5) is 0.276. The van der Waals surface area contributed by atoms with Gasteiger partial charge in [-0.1, -0.05) is 17.0 Å². The molecule has 0 aliphatic heterocycles. The zero-order valence-corrected chi connectivity index (χ0v) is 12.2. The Labute approximate surface area is 127 Å². The van der Waals surface area contributed by atoms with Crippen LogP contribution in [0.3, 0.4) is 0 Å². The number of para-hydroxylation sites is 1. The molecule has 0 atom stereocenters. The monoisotopic (exact) mass is 349 g/mol. The summed E-state index contributed by atoms with van der Waals surface area (Å²) in [5.74, 6) is -0.230. The Morgan fingerprint density at radius 1 is 1.14 bits per heavy atom. The molecule has 0 aliphatic carbocycles. The van der Waals surface area contributed by atoms with Gasteiger partial charge in [-0.3, -0.25) is 5.32 Å². The van der Waals surface area contributed by atoms with Crippen molar-refractivity contribution in [1.29, 1.82) is 0 Å². The fraction of sp³-hybridized carbons (Fsp3) is 0. The third-order valence-electron chi connectivity index (χ3n) is 2.86. The molecule has 0 saturated heterocycles. The Morgan fingerprint density at radius 3 is 2.57 bits per heavy atom. The van der Waals surface area contributed by atoms with E-state index in [4.69, 9.17) is 0 Å². The van der Waals surface area contributed by atoms with Gasteiger partial charge in [-0.25, -0.2) is 4.39 Å². The SMILES string of the molecule is [O-][n+]1onc(-c2ccc(F)cc2)c1Nc1ccccc1Br. The van der Waals surface area contributed by atoms with E-state index < -0.39 is 0 Å². The number of nitrogens with zero attached hydrogens (tertiary/aromatic N) is 2. The van der Waals surface area contributed by atoms with Gasteiger partial charge in [0, 0.05) is 5.56 Å². The van der Waals surface area contributed by atoms with Crippen molar-refractivity contribution in [1.82, 2.24) is 5.16 Å². The second kappa shape index (κ2) is 5.53. The van der Waals surface area contributed by atoms with Gasteiger partial charge in [0.05, 0.1) is 4.47 Å². The van der Waals surface area contributed by atoms with Gasteiger partial charge in [0.1, 0.15) is 11.5 Å². The number of aromatic nitrogens is 2. The van der Waals surface area contributed by atoms with E-state index in [1.807, 2.05) is 18.2 Å². The Kier molecular flexibility index (Phi) is 3.57. The first-order valence-corrected chi connectivity index (χ1v) is 6.81. The van der Waals surface area contributed by atoms with E-state index in [2.05, 4.69) is 31.0 Å². The van der Waals surface area contributed by atoms with Gasteiger partial charge in [0.25, 0.3) is 0 Å². The molecule has 0 spiro atoms. The molecule has 0 fully saturated rings. The predicted molar refractivity (Wildman–Crippen MR) is 78.3 cm³/mol. The summed E-state index contributed by atoms with van der Waals surface area (Å²) in [7, 11) is 0. The molecule has 7 heteroatoms. The quantitative estimate of drug-likeness (QED) is 0.733. The van der Waals surface area contributed by atoms with Crippen LogP contribution in [0.25, 0.3) is 11.3 Å². The maximum Gasteiger partial charge on any atom is 0.307 e. The first-order valence-electron chi connectivity index (χ1n) is 6.02. The van der Waals surface area contributed by atoms with Crippen LogP contribution in [0.4, 0.5) is 15.9 Å². The summed E-state index contributed by atoms with van der Waals surface area (Å²) in [6.45, 7) is 0. The highest BCUT2D eigenvalue weighted by Gasteiger charge is 2.21. The summed E-state index contributed by atoms with van der Waals surface area (Å²) in [6.07, 6.45) is 0. The fourth-order valence-electron chi connectivity index (χ4n) is 1.84. The number of anilines is 2. The lowest BCUT2D eigenvalue weighted by atomic mass is 10.1. The molecule has 1 heterocycles. The molecule has 0 unspecified atom stereocenters. The zero-order chi connectivity index (χ0) is 14.8. The third kappa shape index (κ3) is 2.73. The van der Waals surface area contributed by atoms with Gasteiger partial charge in [-0.2, -0.15) is 0 Å². The minimum absolute atomic E-state index is 0.133. The molecule has 1 aromatic heterocycles. The second-order valence-electron chi connectivity index (χ2n) is 4.24. The van der Waals surface area contributed by atoms with Gasteiger partial charge in [0.15, 0.2) is 0 Å². The molecule has 3 rings (SSSR count). The van der Waals surface area contributed by atoms with E-state index in [1.165, 1.54) is 24.3 Å². The summed E-state index contributed by atoms with van der Waals surface area (Å²) < 4.78 is 18.4. The summed E-state index contributed by atoms with van der Waals surface area (Å²) in [6, 6.07) is 13.0. The van der Waals surface area contributed by atoms with Crippen molar-refractivity contribution in [2.75, 3.05) is 5.32 Å². The molecule has 2 aromatic carbocycles. The van der Waals surface area contributed by atoms with Crippen LogP contribution in [0.1, 0.15) is 0 Å². The van der Waals surface area contributed by atoms with Crippen LogP contribution in [0.2, 0.25) is 0 Å². The standard InChI is InChI=1S/C14H9BrFN3O2/c15-11-3-1-2-4-12(11)17-14-13(18-21-19(14)20)9-5-7-10(16)8-6-9/h1-8,17H. The molecule has 21 heavy (non-hydrogen) atoms. The first kappa shape index (κ1) is 13.6. The van der Waals surface area contributed by atoms with Crippen molar-refractivity contribution in [3.8, 4) is 11.3 Å². The summed E-state index contributed by atoms with van der Waals surface area (Å²) >= 11 is 3.38. The normalized spacial score (nSPS) is 10.6. The molecule has 3 aromatic rings. The Balaban J connectivity index is 2.01. The van der Waals surface area contributed by atoms with E-state index >= 15 is 0 Å². The zero-order valence-electron chi connectivity index (χ0n) is 10.6. The topological polar surface area (TPSA) is 65.0 Å². The molecule has 0 saturated carbocycles. The van der Waals surface area contributed by atoms with Crippen molar-refractivity contribution >= 4 is 27.4 Å². The molecule has 0 radical (unpaired) electrons. The number of hydrogen-bond acceptors (Lipinski definition) is 4. The van der Waals surface area contributed by atoms with Crippen LogP contribution >= 0.6 is 15.9 Å². The Hall–Kier alpha value is -2.41. The first-order chi connectivity index (χ1) is 10.1. The van der Waals surface area contributed by atoms with Crippen LogP contribution in [0.5, 0.6) is 0 Å². The highest BCUT2D eigenvalue weighted by Crippen LogP contribution is 2.29. The van der Waals surface area contributed by atoms with Gasteiger partial charge < -0.3 is 9.84 Å². The van der Waals surface area contributed by atoms with Crippen LogP contribution < -0.4 is 10.2 Å². The molecule has 0 aliphatic rings. The summed E-state index contributed by atoms with van der Waals surface area (Å²) in [5, 5.41) is 18.4. The van der Waals surface area contributed by atoms with Crippen molar-refractivity contribution in [3.63, 3.8) is 0 Å². The van der Waals surface area contributed by atoms with Crippen molar-refractivity contribution < 1.29 is 13.9 Å². The van der Waals surface area contributed by atoms with Crippen molar-refractivity contribution in [2.45, 2.75) is 0 Å². The fourth-order valence-corrected chi connectivity index (χ4v) is 2.22. The van der Waals surface area contributed by atoms with E-state index in [0.717, 1.165) is 4.47 Å². The maximum absolute atomic E-state index is 13.0. The Morgan fingerprint density at radius 2 is 1.86 bits per heavy atom. The van der Waals surface area contributed by atoms with Gasteiger partial charge in [-0.15, -0.1) is 0 Å². The van der Waals surface area contributed by atoms with E-state index in [9.17, 15) is 9.60 Å². The van der Waals surface area contributed by atoms with Crippen LogP contribution in [0.15, 0.2) is 57.6 Å². The van der Waals surface area contributed by atoms with E-state index in [0.29, 0.717) is 16.9 Å². The number of halogens is 2. The molecule has 1 N–H and O–H groups in total. The van der Waals surface area contributed by atoms with Crippen molar-refractivity contribution in [3.05, 3.63) is 64.0 Å². The lowest BCUT2D eigenvalue weighted by molar-refractivity contribution is -0.790. The predicted octanol–water partition coefficient (Wildman–Crippen LogP) is 3.62. The smallest absolute Gasteiger partial charge is 0.307 e. The highest BCUT2D eigenvalue weighted by atomic mass is 79.9. The largest absolute Gasteiger partial charge is 0.391 e. The number of rotatable bonds is 3. The molecular formula is C14H9BrFN3O2. The molecule has 106 valence electrons. The van der Waals surface area contributed by atoms with Crippen LogP contribution in [-0.2, 0) is 0 Å². The molecule has 5 nitrogen and oxygen atoms in total. The Bertz CT molecular complexity index is 774. The molecule has 0 amide bonds. The summed E-state index contributed by atoms with van der Waals surface area (Å²) in [5.41, 5.74) is 1.57. The number of nitrogens with one attached hydrogen (secondary N) is 1. The molecular weight excluding hydrogens is 341 g/mol. The van der Waals surface area contributed by atoms with Crippen molar-refractivity contribution in [2.24, 2.45) is 0 Å².